The zero-order valence-corrected chi connectivity index (χ0v) is 16.7. The van der Waals surface area contributed by atoms with E-state index < -0.39 is 0 Å². The van der Waals surface area contributed by atoms with E-state index in [0.717, 1.165) is 42.5 Å². The first-order chi connectivity index (χ1) is 12.5. The van der Waals surface area contributed by atoms with Crippen LogP contribution in [0.3, 0.4) is 0 Å². The predicted molar refractivity (Wildman–Crippen MR) is 107 cm³/mol. The van der Waals surface area contributed by atoms with Crippen LogP contribution in [0.25, 0.3) is 0 Å². The molecule has 0 aliphatic rings. The number of aryl methyl sites for hydroxylation is 3. The van der Waals surface area contributed by atoms with Crippen molar-refractivity contribution >= 4 is 17.6 Å². The summed E-state index contributed by atoms with van der Waals surface area (Å²) in [6, 6.07) is 7.77. The average molecular weight is 378 g/mol. The van der Waals surface area contributed by atoms with Crippen molar-refractivity contribution < 1.29 is 4.74 Å². The standard InChI is InChI=1S/C19H28ClN5O/c1-5-26-18-12-17(20)8-7-16(18)13-23-19(21-4)22-9-6-10-25-15(3)11-14(2)24-25/h7-8,11-12H,5-6,9-10,13H2,1-4H3,(H2,21,22,23). The Morgan fingerprint density at radius 3 is 2.73 bits per heavy atom. The van der Waals surface area contributed by atoms with E-state index in [1.165, 1.54) is 5.69 Å². The molecule has 0 saturated carbocycles. The lowest BCUT2D eigenvalue weighted by Gasteiger charge is -2.15. The Bertz CT molecular complexity index is 742. The number of nitrogens with one attached hydrogen (secondary N) is 2. The molecule has 142 valence electrons. The van der Waals surface area contributed by atoms with E-state index in [1.807, 2.05) is 36.7 Å². The van der Waals surface area contributed by atoms with Crippen molar-refractivity contribution in [3.8, 4) is 5.75 Å². The molecular formula is C19H28ClN5O. The van der Waals surface area contributed by atoms with E-state index in [4.69, 9.17) is 16.3 Å². The number of nitrogens with zero attached hydrogens (tertiary/aromatic N) is 3. The minimum Gasteiger partial charge on any atom is -0.493 e. The van der Waals surface area contributed by atoms with Crippen molar-refractivity contribution in [3.05, 3.63) is 46.2 Å². The van der Waals surface area contributed by atoms with Gasteiger partial charge in [0.2, 0.25) is 0 Å². The maximum Gasteiger partial charge on any atom is 0.191 e. The topological polar surface area (TPSA) is 63.5 Å². The molecule has 2 N–H and O–H groups in total. The molecule has 1 aromatic heterocycles. The van der Waals surface area contributed by atoms with Gasteiger partial charge in [0.15, 0.2) is 5.96 Å². The van der Waals surface area contributed by atoms with Crippen LogP contribution in [0.4, 0.5) is 0 Å². The van der Waals surface area contributed by atoms with Gasteiger partial charge in [-0.1, -0.05) is 17.7 Å². The van der Waals surface area contributed by atoms with Gasteiger partial charge in [-0.2, -0.15) is 5.10 Å². The highest BCUT2D eigenvalue weighted by Gasteiger charge is 2.06. The van der Waals surface area contributed by atoms with Gasteiger partial charge in [-0.05, 0) is 45.4 Å². The fourth-order valence-electron chi connectivity index (χ4n) is 2.70. The Kier molecular flexibility index (Phi) is 7.78. The monoisotopic (exact) mass is 377 g/mol. The molecule has 0 bridgehead atoms. The fourth-order valence-corrected chi connectivity index (χ4v) is 2.86. The van der Waals surface area contributed by atoms with Gasteiger partial charge in [0.05, 0.1) is 12.3 Å². The molecule has 6 nitrogen and oxygen atoms in total. The van der Waals surface area contributed by atoms with Crippen molar-refractivity contribution in [3.63, 3.8) is 0 Å². The quantitative estimate of drug-likeness (QED) is 0.421. The number of aromatic nitrogens is 2. The van der Waals surface area contributed by atoms with Gasteiger partial charge in [0.25, 0.3) is 0 Å². The van der Waals surface area contributed by atoms with Crippen LogP contribution in [0.1, 0.15) is 30.3 Å². The van der Waals surface area contributed by atoms with Gasteiger partial charge in [-0.15, -0.1) is 0 Å². The predicted octanol–water partition coefficient (Wildman–Crippen LogP) is 3.31. The molecule has 7 heteroatoms. The molecule has 26 heavy (non-hydrogen) atoms. The molecule has 2 aromatic rings. The van der Waals surface area contributed by atoms with Crippen LogP contribution < -0.4 is 15.4 Å². The third-order valence-corrected chi connectivity index (χ3v) is 4.18. The normalized spacial score (nSPS) is 11.5. The second-order valence-electron chi connectivity index (χ2n) is 6.04. The molecule has 1 aromatic carbocycles. The first kappa shape index (κ1) is 20.1. The number of ether oxygens (including phenoxy) is 1. The largest absolute Gasteiger partial charge is 0.493 e. The molecule has 0 aliphatic heterocycles. The van der Waals surface area contributed by atoms with Crippen LogP contribution in [0, 0.1) is 13.8 Å². The number of hydrogen-bond donors (Lipinski definition) is 2. The van der Waals surface area contributed by atoms with Crippen LogP contribution in [-0.4, -0.2) is 35.9 Å². The summed E-state index contributed by atoms with van der Waals surface area (Å²) in [5.41, 5.74) is 3.29. The van der Waals surface area contributed by atoms with E-state index in [9.17, 15) is 0 Å². The second-order valence-corrected chi connectivity index (χ2v) is 6.48. The molecular weight excluding hydrogens is 350 g/mol. The average Bonchev–Trinajstić information content (AvgIpc) is 2.93. The van der Waals surface area contributed by atoms with Gasteiger partial charge in [0.1, 0.15) is 5.75 Å². The maximum absolute atomic E-state index is 6.05. The molecule has 0 aliphatic carbocycles. The Morgan fingerprint density at radius 2 is 2.08 bits per heavy atom. The summed E-state index contributed by atoms with van der Waals surface area (Å²) in [6.07, 6.45) is 0.966. The van der Waals surface area contributed by atoms with Crippen LogP contribution in [0.5, 0.6) is 5.75 Å². The Morgan fingerprint density at radius 1 is 1.27 bits per heavy atom. The van der Waals surface area contributed by atoms with Crippen LogP contribution in [-0.2, 0) is 13.1 Å². The van der Waals surface area contributed by atoms with Crippen molar-refractivity contribution in [2.24, 2.45) is 4.99 Å². The Hall–Kier alpha value is -2.21. The summed E-state index contributed by atoms with van der Waals surface area (Å²) in [7, 11) is 1.77. The molecule has 0 saturated heterocycles. The lowest BCUT2D eigenvalue weighted by atomic mass is 10.2. The third-order valence-electron chi connectivity index (χ3n) is 3.94. The Balaban J connectivity index is 1.80. The molecule has 1 heterocycles. The van der Waals surface area contributed by atoms with E-state index in [1.54, 1.807) is 7.05 Å². The van der Waals surface area contributed by atoms with E-state index in [-0.39, 0.29) is 0 Å². The number of rotatable bonds is 8. The minimum atomic E-state index is 0.604. The molecule has 0 unspecified atom stereocenters. The van der Waals surface area contributed by atoms with Crippen LogP contribution in [0.2, 0.25) is 5.02 Å². The maximum atomic E-state index is 6.05. The first-order valence-electron chi connectivity index (χ1n) is 8.90. The van der Waals surface area contributed by atoms with E-state index in [2.05, 4.69) is 33.7 Å². The third kappa shape index (κ3) is 5.95. The number of guanidine groups is 1. The van der Waals surface area contributed by atoms with Crippen molar-refractivity contribution in [2.75, 3.05) is 20.2 Å². The Labute approximate surface area is 160 Å². The summed E-state index contributed by atoms with van der Waals surface area (Å²) in [5.74, 6) is 1.56. The van der Waals surface area contributed by atoms with Crippen LogP contribution >= 0.6 is 11.6 Å². The zero-order valence-electron chi connectivity index (χ0n) is 16.0. The van der Waals surface area contributed by atoms with Gasteiger partial charge in [-0.3, -0.25) is 9.67 Å². The summed E-state index contributed by atoms with van der Waals surface area (Å²) >= 11 is 6.05. The van der Waals surface area contributed by atoms with Gasteiger partial charge < -0.3 is 15.4 Å². The summed E-state index contributed by atoms with van der Waals surface area (Å²) in [6.45, 7) is 8.97. The lowest BCUT2D eigenvalue weighted by molar-refractivity contribution is 0.336. The van der Waals surface area contributed by atoms with Gasteiger partial charge in [0, 0.05) is 43.0 Å². The smallest absolute Gasteiger partial charge is 0.191 e. The van der Waals surface area contributed by atoms with E-state index >= 15 is 0 Å². The van der Waals surface area contributed by atoms with E-state index in [0.29, 0.717) is 18.2 Å². The number of hydrogen-bond acceptors (Lipinski definition) is 3. The SMILES string of the molecule is CCOc1cc(Cl)ccc1CNC(=NC)NCCCn1nc(C)cc1C. The number of halogens is 1. The summed E-state index contributed by atoms with van der Waals surface area (Å²) in [5, 5.41) is 11.8. The fraction of sp³-hybridized carbons (Fsp3) is 0.474. The van der Waals surface area contributed by atoms with Crippen LogP contribution in [0.15, 0.2) is 29.3 Å². The highest BCUT2D eigenvalue weighted by Crippen LogP contribution is 2.23. The summed E-state index contributed by atoms with van der Waals surface area (Å²) < 4.78 is 7.69. The van der Waals surface area contributed by atoms with Gasteiger partial charge >= 0.3 is 0 Å². The van der Waals surface area contributed by atoms with Crippen molar-refractivity contribution in [1.82, 2.24) is 20.4 Å². The molecule has 0 spiro atoms. The van der Waals surface area contributed by atoms with Crippen molar-refractivity contribution in [2.45, 2.75) is 40.3 Å². The summed E-state index contributed by atoms with van der Waals surface area (Å²) in [4.78, 5) is 4.27. The molecule has 0 fully saturated rings. The number of aliphatic imine (C=N–C) groups is 1. The zero-order chi connectivity index (χ0) is 18.9. The molecule has 2 rings (SSSR count). The first-order valence-corrected chi connectivity index (χ1v) is 9.28. The molecule has 0 atom stereocenters. The number of benzene rings is 1. The highest BCUT2D eigenvalue weighted by atomic mass is 35.5. The second kappa shape index (κ2) is 10.1. The highest BCUT2D eigenvalue weighted by molar-refractivity contribution is 6.30. The molecule has 0 radical (unpaired) electrons. The van der Waals surface area contributed by atoms with Gasteiger partial charge in [-0.25, -0.2) is 0 Å². The lowest BCUT2D eigenvalue weighted by Crippen LogP contribution is -2.37. The van der Waals surface area contributed by atoms with Crippen molar-refractivity contribution in [1.29, 1.82) is 0 Å². The molecule has 0 amide bonds. The minimum absolute atomic E-state index is 0.604.